The van der Waals surface area contributed by atoms with Gasteiger partial charge in [-0.25, -0.2) is 0 Å². The molecule has 0 radical (unpaired) electrons. The molecule has 4 nitrogen and oxygen atoms in total. The summed E-state index contributed by atoms with van der Waals surface area (Å²) in [6, 6.07) is 19.4. The molecule has 3 aromatic carbocycles. The molecular formula is C24H17ClO4. The Labute approximate surface area is 173 Å². The van der Waals surface area contributed by atoms with E-state index in [4.69, 9.17) is 21.1 Å². The Morgan fingerprint density at radius 1 is 1.03 bits per heavy atom. The molecule has 0 amide bonds. The number of aryl methyl sites for hydroxylation is 1. The fourth-order valence-electron chi connectivity index (χ4n) is 2.94. The molecule has 144 valence electrons. The minimum atomic E-state index is -0.177. The van der Waals surface area contributed by atoms with Crippen LogP contribution in [0.4, 0.5) is 0 Å². The average Bonchev–Trinajstić information content (AvgIpc) is 3.03. The minimum Gasteiger partial charge on any atom is -0.485 e. The number of benzene rings is 3. The van der Waals surface area contributed by atoms with E-state index in [1.54, 1.807) is 48.5 Å². The summed E-state index contributed by atoms with van der Waals surface area (Å²) in [6.07, 6.45) is 1.71. The van der Waals surface area contributed by atoms with Crippen LogP contribution in [0.15, 0.2) is 72.5 Å². The molecule has 3 aromatic rings. The lowest BCUT2D eigenvalue weighted by molar-refractivity contribution is 0.0921. The van der Waals surface area contributed by atoms with Gasteiger partial charge in [0.15, 0.2) is 18.1 Å². The van der Waals surface area contributed by atoms with Crippen molar-refractivity contribution in [3.8, 4) is 11.5 Å². The summed E-state index contributed by atoms with van der Waals surface area (Å²) in [6.45, 7) is 1.88. The first kappa shape index (κ1) is 19.0. The predicted octanol–water partition coefficient (Wildman–Crippen LogP) is 5.53. The van der Waals surface area contributed by atoms with Crippen molar-refractivity contribution in [2.24, 2.45) is 0 Å². The minimum absolute atomic E-state index is 0.125. The Bertz CT molecular complexity index is 1110. The van der Waals surface area contributed by atoms with Crippen molar-refractivity contribution in [3.63, 3.8) is 0 Å². The van der Waals surface area contributed by atoms with Gasteiger partial charge >= 0.3 is 0 Å². The van der Waals surface area contributed by atoms with E-state index < -0.39 is 0 Å². The van der Waals surface area contributed by atoms with Crippen molar-refractivity contribution in [2.45, 2.75) is 6.92 Å². The van der Waals surface area contributed by atoms with E-state index in [1.165, 1.54) is 0 Å². The number of allylic oxidation sites excluding steroid dienone is 1. The summed E-state index contributed by atoms with van der Waals surface area (Å²) in [5.41, 5.74) is 3.02. The first-order valence-corrected chi connectivity index (χ1v) is 9.44. The Hall–Kier alpha value is -3.37. The molecule has 0 spiro atoms. The number of halogens is 1. The summed E-state index contributed by atoms with van der Waals surface area (Å²) >= 11 is 5.84. The molecule has 0 fully saturated rings. The Morgan fingerprint density at radius 2 is 1.76 bits per heavy atom. The normalized spacial score (nSPS) is 13.9. The molecule has 0 saturated carbocycles. The molecule has 0 saturated heterocycles. The molecule has 0 aromatic heterocycles. The maximum atomic E-state index is 12.6. The molecule has 1 aliphatic rings. The van der Waals surface area contributed by atoms with Gasteiger partial charge in [-0.1, -0.05) is 41.4 Å². The molecule has 5 heteroatoms. The SMILES string of the molecule is Cc1ccc(C=C2Oc3cc(OCC(=O)c4ccc(Cl)cc4)ccc3C2=O)cc1. The highest BCUT2D eigenvalue weighted by Crippen LogP contribution is 2.35. The van der Waals surface area contributed by atoms with Crippen LogP contribution in [0.5, 0.6) is 11.5 Å². The van der Waals surface area contributed by atoms with E-state index >= 15 is 0 Å². The van der Waals surface area contributed by atoms with Gasteiger partial charge < -0.3 is 9.47 Å². The monoisotopic (exact) mass is 404 g/mol. The van der Waals surface area contributed by atoms with Crippen molar-refractivity contribution in [1.29, 1.82) is 0 Å². The zero-order chi connectivity index (χ0) is 20.4. The third-order valence-corrected chi connectivity index (χ3v) is 4.80. The first-order valence-electron chi connectivity index (χ1n) is 9.06. The third kappa shape index (κ3) is 4.23. The van der Waals surface area contributed by atoms with Gasteiger partial charge in [0.1, 0.15) is 11.5 Å². The highest BCUT2D eigenvalue weighted by molar-refractivity contribution is 6.30. The number of ketones is 2. The standard InChI is InChI=1S/C24H17ClO4/c1-15-2-4-16(5-3-15)12-23-24(27)20-11-10-19(13-22(20)29-23)28-14-21(26)17-6-8-18(25)9-7-17/h2-13H,14H2,1H3. The molecule has 0 atom stereocenters. The third-order valence-electron chi connectivity index (χ3n) is 4.55. The second-order valence-corrected chi connectivity index (χ2v) is 7.16. The Morgan fingerprint density at radius 3 is 2.48 bits per heavy atom. The van der Waals surface area contributed by atoms with Gasteiger partial charge in [0.2, 0.25) is 5.78 Å². The van der Waals surface area contributed by atoms with Crippen LogP contribution < -0.4 is 9.47 Å². The maximum Gasteiger partial charge on any atom is 0.231 e. The number of carbonyl (C=O) groups excluding carboxylic acids is 2. The molecule has 0 N–H and O–H groups in total. The van der Waals surface area contributed by atoms with E-state index in [2.05, 4.69) is 0 Å². The molecular weight excluding hydrogens is 388 g/mol. The highest BCUT2D eigenvalue weighted by Gasteiger charge is 2.27. The van der Waals surface area contributed by atoms with E-state index in [9.17, 15) is 9.59 Å². The summed E-state index contributed by atoms with van der Waals surface area (Å²) in [7, 11) is 0. The van der Waals surface area contributed by atoms with Crippen molar-refractivity contribution < 1.29 is 19.1 Å². The second kappa shape index (κ2) is 7.94. The highest BCUT2D eigenvalue weighted by atomic mass is 35.5. The fourth-order valence-corrected chi connectivity index (χ4v) is 3.07. The molecule has 29 heavy (non-hydrogen) atoms. The lowest BCUT2D eigenvalue weighted by Gasteiger charge is -2.07. The van der Waals surface area contributed by atoms with Crippen LogP contribution in [0, 0.1) is 6.92 Å². The number of carbonyl (C=O) groups is 2. The van der Waals surface area contributed by atoms with E-state index in [0.29, 0.717) is 27.6 Å². The molecule has 1 heterocycles. The number of rotatable bonds is 5. The average molecular weight is 405 g/mol. The van der Waals surface area contributed by atoms with Gasteiger partial charge in [-0.2, -0.15) is 0 Å². The van der Waals surface area contributed by atoms with Gasteiger partial charge in [0, 0.05) is 16.7 Å². The van der Waals surface area contributed by atoms with Gasteiger partial charge in [-0.3, -0.25) is 9.59 Å². The fraction of sp³-hybridized carbons (Fsp3) is 0.0833. The molecule has 1 aliphatic heterocycles. The summed E-state index contributed by atoms with van der Waals surface area (Å²) < 4.78 is 11.3. The second-order valence-electron chi connectivity index (χ2n) is 6.73. The number of Topliss-reactive ketones (excluding diaryl/α,β-unsaturated/α-hetero) is 2. The van der Waals surface area contributed by atoms with Crippen LogP contribution in [0.3, 0.4) is 0 Å². The van der Waals surface area contributed by atoms with Crippen molar-refractivity contribution in [3.05, 3.63) is 99.8 Å². The van der Waals surface area contributed by atoms with Crippen molar-refractivity contribution in [1.82, 2.24) is 0 Å². The lowest BCUT2D eigenvalue weighted by atomic mass is 10.1. The van der Waals surface area contributed by atoms with Gasteiger partial charge in [0.05, 0.1) is 5.56 Å². The van der Waals surface area contributed by atoms with Gasteiger partial charge in [-0.15, -0.1) is 0 Å². The Kier molecular flexibility index (Phi) is 5.19. The maximum absolute atomic E-state index is 12.6. The smallest absolute Gasteiger partial charge is 0.231 e. The van der Waals surface area contributed by atoms with E-state index in [0.717, 1.165) is 11.1 Å². The first-order chi connectivity index (χ1) is 14.0. The largest absolute Gasteiger partial charge is 0.485 e. The van der Waals surface area contributed by atoms with Crippen LogP contribution in [0.1, 0.15) is 31.8 Å². The quantitative estimate of drug-likeness (QED) is 0.414. The van der Waals surface area contributed by atoms with Gasteiger partial charge in [-0.05, 0) is 55.0 Å². The number of hydrogen-bond donors (Lipinski definition) is 0. The van der Waals surface area contributed by atoms with Crippen LogP contribution in [-0.2, 0) is 0 Å². The topological polar surface area (TPSA) is 52.6 Å². The number of ether oxygens (including phenoxy) is 2. The summed E-state index contributed by atoms with van der Waals surface area (Å²) in [4.78, 5) is 24.8. The molecule has 0 unspecified atom stereocenters. The van der Waals surface area contributed by atoms with Crippen molar-refractivity contribution in [2.75, 3.05) is 6.61 Å². The van der Waals surface area contributed by atoms with Crippen LogP contribution >= 0.6 is 11.6 Å². The zero-order valence-electron chi connectivity index (χ0n) is 15.6. The lowest BCUT2D eigenvalue weighted by Crippen LogP contribution is -2.11. The zero-order valence-corrected chi connectivity index (χ0v) is 16.4. The summed E-state index contributed by atoms with van der Waals surface area (Å²) in [5.74, 6) is 0.793. The molecule has 0 bridgehead atoms. The number of fused-ring (bicyclic) bond motifs is 1. The van der Waals surface area contributed by atoms with Crippen LogP contribution in [-0.4, -0.2) is 18.2 Å². The predicted molar refractivity (Wildman–Crippen MR) is 112 cm³/mol. The van der Waals surface area contributed by atoms with E-state index in [-0.39, 0.29) is 23.9 Å². The van der Waals surface area contributed by atoms with E-state index in [1.807, 2.05) is 31.2 Å². The Balaban J connectivity index is 1.46. The summed E-state index contributed by atoms with van der Waals surface area (Å²) in [5, 5.41) is 0.567. The van der Waals surface area contributed by atoms with Crippen molar-refractivity contribution >= 4 is 29.2 Å². The molecule has 0 aliphatic carbocycles. The number of hydrogen-bond acceptors (Lipinski definition) is 4. The van der Waals surface area contributed by atoms with Crippen LogP contribution in [0.2, 0.25) is 5.02 Å². The molecule has 4 rings (SSSR count). The van der Waals surface area contributed by atoms with Crippen LogP contribution in [0.25, 0.3) is 6.08 Å². The van der Waals surface area contributed by atoms with Gasteiger partial charge in [0.25, 0.3) is 0 Å².